The third kappa shape index (κ3) is 3.20. The smallest absolute Gasteiger partial charge is 0.321 e. The van der Waals surface area contributed by atoms with Gasteiger partial charge in [0.2, 0.25) is 0 Å². The molecule has 0 spiro atoms. The van der Waals surface area contributed by atoms with Crippen molar-refractivity contribution in [3.8, 4) is 0 Å². The fourth-order valence-corrected chi connectivity index (χ4v) is 3.17. The van der Waals surface area contributed by atoms with E-state index < -0.39 is 11.4 Å². The topological polar surface area (TPSA) is 69.6 Å². The largest absolute Gasteiger partial charge is 0.481 e. The monoisotopic (exact) mass is 354 g/mol. The number of urea groups is 1. The zero-order valence-corrected chi connectivity index (χ0v) is 13.7. The average Bonchev–Trinajstić information content (AvgIpc) is 2.88. The van der Waals surface area contributed by atoms with Crippen molar-refractivity contribution < 1.29 is 14.7 Å². The maximum absolute atomic E-state index is 12.3. The number of rotatable bonds is 3. The van der Waals surface area contributed by atoms with Crippen LogP contribution in [-0.4, -0.2) is 35.1 Å². The summed E-state index contributed by atoms with van der Waals surface area (Å²) in [4.78, 5) is 25.3. The molecule has 1 unspecified atom stereocenters. The number of hydrogen-bond donors (Lipinski definition) is 2. The van der Waals surface area contributed by atoms with E-state index in [1.54, 1.807) is 4.90 Å². The number of likely N-dealkylation sites (tertiary alicyclic amines) is 1. The first-order valence-corrected chi connectivity index (χ1v) is 7.73. The van der Waals surface area contributed by atoms with Crippen molar-refractivity contribution in [3.63, 3.8) is 0 Å². The second-order valence-electron chi connectivity index (χ2n) is 5.52. The summed E-state index contributed by atoms with van der Waals surface area (Å²) >= 11 is 3.42. The molecule has 2 rings (SSSR count). The molecule has 0 aliphatic carbocycles. The van der Waals surface area contributed by atoms with Gasteiger partial charge in [0, 0.05) is 17.6 Å². The molecule has 1 aliphatic rings. The Balaban J connectivity index is 2.07. The Kier molecular flexibility index (Phi) is 4.56. The summed E-state index contributed by atoms with van der Waals surface area (Å²) in [5.74, 6) is -0.822. The predicted octanol–water partition coefficient (Wildman–Crippen LogP) is 3.48. The number of carbonyl (C=O) groups is 2. The van der Waals surface area contributed by atoms with Crippen molar-refractivity contribution in [2.24, 2.45) is 5.41 Å². The lowest BCUT2D eigenvalue weighted by molar-refractivity contribution is -0.148. The van der Waals surface area contributed by atoms with Gasteiger partial charge in [-0.15, -0.1) is 0 Å². The summed E-state index contributed by atoms with van der Waals surface area (Å²) in [6.07, 6.45) is 1.03. The summed E-state index contributed by atoms with van der Waals surface area (Å²) in [5, 5.41) is 12.2. The van der Waals surface area contributed by atoms with E-state index >= 15 is 0 Å². The molecular weight excluding hydrogens is 336 g/mol. The van der Waals surface area contributed by atoms with Crippen LogP contribution in [0, 0.1) is 12.3 Å². The van der Waals surface area contributed by atoms with Crippen LogP contribution >= 0.6 is 15.9 Å². The molecule has 1 aromatic rings. The van der Waals surface area contributed by atoms with Gasteiger partial charge in [-0.3, -0.25) is 4.79 Å². The Morgan fingerprint density at radius 1 is 1.48 bits per heavy atom. The van der Waals surface area contributed by atoms with Crippen LogP contribution < -0.4 is 5.32 Å². The van der Waals surface area contributed by atoms with E-state index in [1.807, 2.05) is 32.0 Å². The lowest BCUT2D eigenvalue weighted by Gasteiger charge is -2.23. The SMILES string of the molecule is CCC1(C(=O)O)CCN(C(=O)Nc2ccc(C)cc2Br)C1. The van der Waals surface area contributed by atoms with E-state index in [4.69, 9.17) is 0 Å². The molecule has 1 fully saturated rings. The molecule has 21 heavy (non-hydrogen) atoms. The molecule has 1 aromatic carbocycles. The summed E-state index contributed by atoms with van der Waals surface area (Å²) < 4.78 is 0.815. The molecule has 6 heteroatoms. The van der Waals surface area contributed by atoms with Crippen LogP contribution in [0.2, 0.25) is 0 Å². The van der Waals surface area contributed by atoms with Crippen molar-refractivity contribution in [1.82, 2.24) is 4.90 Å². The van der Waals surface area contributed by atoms with Gasteiger partial charge in [0.1, 0.15) is 0 Å². The lowest BCUT2D eigenvalue weighted by Crippen LogP contribution is -2.38. The minimum absolute atomic E-state index is 0.254. The summed E-state index contributed by atoms with van der Waals surface area (Å²) in [6.45, 7) is 4.55. The molecule has 2 N–H and O–H groups in total. The van der Waals surface area contributed by atoms with Gasteiger partial charge < -0.3 is 15.3 Å². The number of aliphatic carboxylic acids is 1. The van der Waals surface area contributed by atoms with Gasteiger partial charge in [-0.1, -0.05) is 13.0 Å². The molecule has 0 radical (unpaired) electrons. The van der Waals surface area contributed by atoms with Gasteiger partial charge in [-0.2, -0.15) is 0 Å². The van der Waals surface area contributed by atoms with E-state index in [9.17, 15) is 14.7 Å². The summed E-state index contributed by atoms with van der Waals surface area (Å²) in [7, 11) is 0. The number of carboxylic acid groups (broad SMARTS) is 1. The highest BCUT2D eigenvalue weighted by Crippen LogP contribution is 2.34. The molecule has 2 amide bonds. The number of aryl methyl sites for hydroxylation is 1. The molecule has 0 saturated carbocycles. The van der Waals surface area contributed by atoms with E-state index in [1.165, 1.54) is 0 Å². The highest BCUT2D eigenvalue weighted by atomic mass is 79.9. The molecule has 5 nitrogen and oxygen atoms in total. The van der Waals surface area contributed by atoms with Crippen LogP contribution in [0.3, 0.4) is 0 Å². The van der Waals surface area contributed by atoms with E-state index in [-0.39, 0.29) is 12.6 Å². The van der Waals surface area contributed by atoms with Crippen LogP contribution in [0.15, 0.2) is 22.7 Å². The molecule has 114 valence electrons. The molecule has 0 aromatic heterocycles. The van der Waals surface area contributed by atoms with Gasteiger partial charge in [-0.25, -0.2) is 4.79 Å². The number of carbonyl (C=O) groups excluding carboxylic acids is 1. The maximum Gasteiger partial charge on any atom is 0.321 e. The molecule has 1 heterocycles. The van der Waals surface area contributed by atoms with Crippen molar-refractivity contribution in [2.75, 3.05) is 18.4 Å². The number of hydrogen-bond acceptors (Lipinski definition) is 2. The minimum Gasteiger partial charge on any atom is -0.481 e. The summed E-state index contributed by atoms with van der Waals surface area (Å²) in [6, 6.07) is 5.42. The second-order valence-corrected chi connectivity index (χ2v) is 6.38. The number of nitrogens with zero attached hydrogens (tertiary/aromatic N) is 1. The predicted molar refractivity (Wildman–Crippen MR) is 84.4 cm³/mol. The average molecular weight is 355 g/mol. The molecule has 0 bridgehead atoms. The first kappa shape index (κ1) is 15.8. The van der Waals surface area contributed by atoms with Gasteiger partial charge in [-0.05, 0) is 53.4 Å². The number of carboxylic acids is 1. The Morgan fingerprint density at radius 3 is 2.71 bits per heavy atom. The minimum atomic E-state index is -0.822. The fourth-order valence-electron chi connectivity index (χ4n) is 2.58. The van der Waals surface area contributed by atoms with Gasteiger partial charge in [0.15, 0.2) is 0 Å². The molecule has 1 atom stereocenters. The quantitative estimate of drug-likeness (QED) is 0.872. The highest BCUT2D eigenvalue weighted by Gasteiger charge is 2.44. The van der Waals surface area contributed by atoms with Crippen molar-refractivity contribution >= 4 is 33.6 Å². The highest BCUT2D eigenvalue weighted by molar-refractivity contribution is 9.10. The van der Waals surface area contributed by atoms with E-state index in [0.29, 0.717) is 25.1 Å². The zero-order chi connectivity index (χ0) is 15.6. The Hall–Kier alpha value is -1.56. The van der Waals surface area contributed by atoms with Crippen molar-refractivity contribution in [1.29, 1.82) is 0 Å². The van der Waals surface area contributed by atoms with Crippen molar-refractivity contribution in [3.05, 3.63) is 28.2 Å². The van der Waals surface area contributed by atoms with Gasteiger partial charge in [0.05, 0.1) is 11.1 Å². The Morgan fingerprint density at radius 2 is 2.19 bits per heavy atom. The Bertz CT molecular complexity index is 576. The second kappa shape index (κ2) is 6.05. The van der Waals surface area contributed by atoms with Crippen LogP contribution in [0.5, 0.6) is 0 Å². The zero-order valence-electron chi connectivity index (χ0n) is 12.1. The first-order chi connectivity index (χ1) is 9.88. The first-order valence-electron chi connectivity index (χ1n) is 6.93. The van der Waals surface area contributed by atoms with Crippen LogP contribution in [0.25, 0.3) is 0 Å². The van der Waals surface area contributed by atoms with Crippen LogP contribution in [0.1, 0.15) is 25.3 Å². The van der Waals surface area contributed by atoms with E-state index in [0.717, 1.165) is 10.0 Å². The molecule has 1 saturated heterocycles. The number of benzene rings is 1. The number of anilines is 1. The molecular formula is C15H19BrN2O3. The third-order valence-corrected chi connectivity index (χ3v) is 4.79. The van der Waals surface area contributed by atoms with Crippen LogP contribution in [-0.2, 0) is 4.79 Å². The van der Waals surface area contributed by atoms with Crippen molar-refractivity contribution in [2.45, 2.75) is 26.7 Å². The number of nitrogens with one attached hydrogen (secondary N) is 1. The standard InChI is InChI=1S/C15H19BrN2O3/c1-3-15(13(19)20)6-7-18(9-15)14(21)17-12-5-4-10(2)8-11(12)16/h4-5,8H,3,6-7,9H2,1-2H3,(H,17,21)(H,19,20). The fraction of sp³-hybridized carbons (Fsp3) is 0.467. The van der Waals surface area contributed by atoms with Gasteiger partial charge in [0.25, 0.3) is 0 Å². The maximum atomic E-state index is 12.3. The Labute approximate surface area is 132 Å². The normalized spacial score (nSPS) is 21.4. The van der Waals surface area contributed by atoms with Gasteiger partial charge >= 0.3 is 12.0 Å². The lowest BCUT2D eigenvalue weighted by atomic mass is 9.84. The third-order valence-electron chi connectivity index (χ3n) is 4.14. The summed E-state index contributed by atoms with van der Waals surface area (Å²) in [5.41, 5.74) is 0.980. The van der Waals surface area contributed by atoms with Crippen LogP contribution in [0.4, 0.5) is 10.5 Å². The number of amides is 2. The number of halogens is 1. The van der Waals surface area contributed by atoms with E-state index in [2.05, 4.69) is 21.2 Å². The molecule has 1 aliphatic heterocycles.